The van der Waals surface area contributed by atoms with Gasteiger partial charge in [0.2, 0.25) is 6.54 Å². The zero-order valence-corrected chi connectivity index (χ0v) is 11.8. The Morgan fingerprint density at radius 3 is 2.45 bits per heavy atom. The highest BCUT2D eigenvalue weighted by Crippen LogP contribution is 2.35. The quantitative estimate of drug-likeness (QED) is 0.682. The molecule has 0 spiro atoms. The molecule has 2 aromatic carbocycles. The summed E-state index contributed by atoms with van der Waals surface area (Å²) >= 11 is 12.0. The molecule has 6 heteroatoms. The predicted octanol–water partition coefficient (Wildman–Crippen LogP) is 4.11. The molecule has 0 unspecified atom stereocenters. The molecule has 0 saturated heterocycles. The minimum Gasteiger partial charge on any atom is -0.508 e. The highest BCUT2D eigenvalue weighted by atomic mass is 35.5. The smallest absolute Gasteiger partial charge is 0.214 e. The molecule has 20 heavy (non-hydrogen) atoms. The third kappa shape index (κ3) is 3.21. The van der Waals surface area contributed by atoms with E-state index in [1.54, 1.807) is 30.3 Å². The van der Waals surface area contributed by atoms with Crippen LogP contribution in [0, 0.1) is 10.1 Å². The van der Waals surface area contributed by atoms with Gasteiger partial charge in [-0.25, -0.2) is 0 Å². The van der Waals surface area contributed by atoms with Gasteiger partial charge in [0.15, 0.2) is 0 Å². The van der Waals surface area contributed by atoms with E-state index in [4.69, 9.17) is 23.2 Å². The molecule has 104 valence electrons. The zero-order valence-electron chi connectivity index (χ0n) is 10.3. The molecule has 0 heterocycles. The summed E-state index contributed by atoms with van der Waals surface area (Å²) in [6.45, 7) is -0.362. The Morgan fingerprint density at radius 2 is 1.85 bits per heavy atom. The second kappa shape index (κ2) is 6.11. The Kier molecular flexibility index (Phi) is 4.47. The fourth-order valence-corrected chi connectivity index (χ4v) is 2.62. The predicted molar refractivity (Wildman–Crippen MR) is 78.3 cm³/mol. The summed E-state index contributed by atoms with van der Waals surface area (Å²) in [5.41, 5.74) is 1.03. The van der Waals surface area contributed by atoms with E-state index in [2.05, 4.69) is 0 Å². The van der Waals surface area contributed by atoms with Crippen molar-refractivity contribution in [2.45, 2.75) is 5.92 Å². The van der Waals surface area contributed by atoms with Crippen LogP contribution in [-0.4, -0.2) is 16.6 Å². The Balaban J connectivity index is 2.53. The molecule has 2 rings (SSSR count). The maximum Gasteiger partial charge on any atom is 0.214 e. The van der Waals surface area contributed by atoms with Crippen LogP contribution in [0.4, 0.5) is 0 Å². The first kappa shape index (κ1) is 14.6. The lowest BCUT2D eigenvalue weighted by Gasteiger charge is -2.16. The molecular weight excluding hydrogens is 301 g/mol. The van der Waals surface area contributed by atoms with Crippen molar-refractivity contribution in [1.29, 1.82) is 0 Å². The van der Waals surface area contributed by atoms with Crippen LogP contribution in [0.3, 0.4) is 0 Å². The summed E-state index contributed by atoms with van der Waals surface area (Å²) in [4.78, 5) is 10.5. The highest BCUT2D eigenvalue weighted by Gasteiger charge is 2.25. The highest BCUT2D eigenvalue weighted by molar-refractivity contribution is 6.35. The van der Waals surface area contributed by atoms with E-state index in [1.165, 1.54) is 12.1 Å². The van der Waals surface area contributed by atoms with Crippen molar-refractivity contribution in [1.82, 2.24) is 0 Å². The van der Waals surface area contributed by atoms with Gasteiger partial charge >= 0.3 is 0 Å². The SMILES string of the molecule is O=[N+]([O-])C[C@H](c1ccccc1O)c1ccc(Cl)cc1Cl. The summed E-state index contributed by atoms with van der Waals surface area (Å²) in [5, 5.41) is 21.6. The molecule has 0 aliphatic heterocycles. The molecule has 0 aliphatic carbocycles. The van der Waals surface area contributed by atoms with Crippen molar-refractivity contribution in [2.24, 2.45) is 0 Å². The van der Waals surface area contributed by atoms with Crippen molar-refractivity contribution < 1.29 is 10.0 Å². The van der Waals surface area contributed by atoms with Gasteiger partial charge in [0.05, 0.1) is 5.92 Å². The first-order valence-electron chi connectivity index (χ1n) is 5.83. The first-order valence-corrected chi connectivity index (χ1v) is 6.59. The molecular formula is C14H11Cl2NO3. The monoisotopic (exact) mass is 311 g/mol. The number of phenols is 1. The maximum atomic E-state index is 10.9. The van der Waals surface area contributed by atoms with E-state index < -0.39 is 10.8 Å². The van der Waals surface area contributed by atoms with Gasteiger partial charge in [-0.2, -0.15) is 0 Å². The van der Waals surface area contributed by atoms with Crippen LogP contribution < -0.4 is 0 Å². The third-order valence-electron chi connectivity index (χ3n) is 2.98. The molecule has 0 saturated carbocycles. The fourth-order valence-electron chi connectivity index (χ4n) is 2.08. The Hall–Kier alpha value is -1.78. The topological polar surface area (TPSA) is 63.4 Å². The van der Waals surface area contributed by atoms with E-state index in [1.807, 2.05) is 0 Å². The Bertz CT molecular complexity index is 646. The van der Waals surface area contributed by atoms with Crippen LogP contribution in [-0.2, 0) is 0 Å². The van der Waals surface area contributed by atoms with E-state index in [0.29, 0.717) is 21.2 Å². The van der Waals surface area contributed by atoms with Gasteiger partial charge in [0.1, 0.15) is 5.75 Å². The van der Waals surface area contributed by atoms with E-state index >= 15 is 0 Å². The Morgan fingerprint density at radius 1 is 1.15 bits per heavy atom. The number of halogens is 2. The second-order valence-corrected chi connectivity index (χ2v) is 5.14. The lowest BCUT2D eigenvalue weighted by molar-refractivity contribution is -0.481. The summed E-state index contributed by atoms with van der Waals surface area (Å²) in [7, 11) is 0. The standard InChI is InChI=1S/C14H11Cl2NO3/c15-9-5-6-10(13(16)7-9)12(8-17(19)20)11-3-1-2-4-14(11)18/h1-7,12,18H,8H2/t12-/m0/s1. The van der Waals surface area contributed by atoms with Crippen molar-refractivity contribution in [3.05, 3.63) is 73.8 Å². The summed E-state index contributed by atoms with van der Waals surface area (Å²) in [6.07, 6.45) is 0. The van der Waals surface area contributed by atoms with E-state index in [0.717, 1.165) is 0 Å². The number of nitro groups is 1. The number of aromatic hydroxyl groups is 1. The average Bonchev–Trinajstić information content (AvgIpc) is 2.37. The normalized spacial score (nSPS) is 12.1. The van der Waals surface area contributed by atoms with Gasteiger partial charge in [-0.3, -0.25) is 10.1 Å². The summed E-state index contributed by atoms with van der Waals surface area (Å²) in [6, 6.07) is 11.3. The Labute approximate surface area is 125 Å². The van der Waals surface area contributed by atoms with Gasteiger partial charge in [-0.05, 0) is 23.8 Å². The lowest BCUT2D eigenvalue weighted by Crippen LogP contribution is -2.14. The van der Waals surface area contributed by atoms with Crippen LogP contribution in [0.1, 0.15) is 17.0 Å². The van der Waals surface area contributed by atoms with Crippen LogP contribution >= 0.6 is 23.2 Å². The number of hydrogen-bond donors (Lipinski definition) is 1. The van der Waals surface area contributed by atoms with E-state index in [-0.39, 0.29) is 12.3 Å². The molecule has 0 bridgehead atoms. The number of benzene rings is 2. The van der Waals surface area contributed by atoms with Crippen molar-refractivity contribution in [2.75, 3.05) is 6.54 Å². The maximum absolute atomic E-state index is 10.9. The van der Waals surface area contributed by atoms with Crippen LogP contribution in [0.5, 0.6) is 5.75 Å². The molecule has 4 nitrogen and oxygen atoms in total. The third-order valence-corrected chi connectivity index (χ3v) is 3.54. The van der Waals surface area contributed by atoms with Gasteiger partial charge in [-0.15, -0.1) is 0 Å². The molecule has 1 N–H and O–H groups in total. The molecule has 0 amide bonds. The number of nitrogens with zero attached hydrogens (tertiary/aromatic N) is 1. The molecule has 2 aromatic rings. The fraction of sp³-hybridized carbons (Fsp3) is 0.143. The van der Waals surface area contributed by atoms with Crippen molar-refractivity contribution >= 4 is 23.2 Å². The number of hydrogen-bond acceptors (Lipinski definition) is 3. The van der Waals surface area contributed by atoms with Crippen molar-refractivity contribution in [3.63, 3.8) is 0 Å². The van der Waals surface area contributed by atoms with Gasteiger partial charge in [0, 0.05) is 20.5 Å². The zero-order chi connectivity index (χ0) is 14.7. The lowest BCUT2D eigenvalue weighted by atomic mass is 9.90. The van der Waals surface area contributed by atoms with Gasteiger partial charge < -0.3 is 5.11 Å². The second-order valence-electron chi connectivity index (χ2n) is 4.29. The molecule has 0 aromatic heterocycles. The van der Waals surface area contributed by atoms with Crippen LogP contribution in [0.2, 0.25) is 10.0 Å². The first-order chi connectivity index (χ1) is 9.49. The summed E-state index contributed by atoms with van der Waals surface area (Å²) < 4.78 is 0. The minimum absolute atomic E-state index is 0.00497. The van der Waals surface area contributed by atoms with Crippen LogP contribution in [0.25, 0.3) is 0 Å². The molecule has 0 radical (unpaired) electrons. The van der Waals surface area contributed by atoms with E-state index in [9.17, 15) is 15.2 Å². The average molecular weight is 312 g/mol. The van der Waals surface area contributed by atoms with Gasteiger partial charge in [0.25, 0.3) is 0 Å². The molecule has 0 fully saturated rings. The van der Waals surface area contributed by atoms with Gasteiger partial charge in [-0.1, -0.05) is 47.5 Å². The number of para-hydroxylation sites is 1. The van der Waals surface area contributed by atoms with Crippen LogP contribution in [0.15, 0.2) is 42.5 Å². The number of phenolic OH excluding ortho intramolecular Hbond substituents is 1. The van der Waals surface area contributed by atoms with Crippen molar-refractivity contribution in [3.8, 4) is 5.75 Å². The largest absolute Gasteiger partial charge is 0.508 e. The molecule has 1 atom stereocenters. The molecule has 0 aliphatic rings. The number of rotatable bonds is 4. The summed E-state index contributed by atoms with van der Waals surface area (Å²) in [5.74, 6) is -0.624. The minimum atomic E-state index is -0.629.